The van der Waals surface area contributed by atoms with Crippen molar-refractivity contribution in [2.24, 2.45) is 5.92 Å². The molecule has 0 spiro atoms. The molecule has 3 rings (SSSR count). The van der Waals surface area contributed by atoms with E-state index in [0.717, 1.165) is 5.56 Å². The quantitative estimate of drug-likeness (QED) is 0.929. The fourth-order valence-corrected chi connectivity index (χ4v) is 4.58. The third-order valence-electron chi connectivity index (χ3n) is 3.99. The minimum Gasteiger partial charge on any atom is -0.368 e. The molecule has 5 nitrogen and oxygen atoms in total. The van der Waals surface area contributed by atoms with Gasteiger partial charge in [0.05, 0.1) is 17.2 Å². The van der Waals surface area contributed by atoms with Gasteiger partial charge in [0.1, 0.15) is 5.82 Å². The first-order valence-corrected chi connectivity index (χ1v) is 9.30. The molecule has 1 N–H and O–H groups in total. The van der Waals surface area contributed by atoms with E-state index in [4.69, 9.17) is 0 Å². The van der Waals surface area contributed by atoms with E-state index >= 15 is 0 Å². The minimum absolute atomic E-state index is 0.115. The maximum atomic E-state index is 13.3. The lowest BCUT2D eigenvalue weighted by Crippen LogP contribution is -2.17. The molecular formula is C16H18FN3O2S. The Morgan fingerprint density at radius 2 is 2.13 bits per heavy atom. The van der Waals surface area contributed by atoms with Crippen LogP contribution in [0.4, 0.5) is 10.2 Å². The third-order valence-corrected chi connectivity index (χ3v) is 5.83. The molecule has 1 aliphatic rings. The lowest BCUT2D eigenvalue weighted by molar-refractivity contribution is 0.595. The van der Waals surface area contributed by atoms with Crippen LogP contribution >= 0.6 is 0 Å². The first-order chi connectivity index (χ1) is 10.9. The highest BCUT2D eigenvalue weighted by molar-refractivity contribution is 7.91. The van der Waals surface area contributed by atoms with Crippen LogP contribution in [0.5, 0.6) is 0 Å². The van der Waals surface area contributed by atoms with Gasteiger partial charge >= 0.3 is 0 Å². The standard InChI is InChI=1S/C16H18FN3O2S/c1-11-7-15(13-3-2-4-14(17)8-13)19-20-16(11)18-9-12-5-6-23(21,22)10-12/h2-4,7-8,12H,5-6,9-10H2,1H3,(H,18,20)/t12-/m0/s1. The van der Waals surface area contributed by atoms with E-state index < -0.39 is 9.84 Å². The largest absolute Gasteiger partial charge is 0.368 e. The number of hydrogen-bond acceptors (Lipinski definition) is 5. The van der Waals surface area contributed by atoms with Gasteiger partial charge in [0.2, 0.25) is 0 Å². The fraction of sp³-hybridized carbons (Fsp3) is 0.375. The molecule has 1 aromatic heterocycles. The van der Waals surface area contributed by atoms with Crippen LogP contribution in [0.2, 0.25) is 0 Å². The molecule has 23 heavy (non-hydrogen) atoms. The van der Waals surface area contributed by atoms with Gasteiger partial charge in [-0.25, -0.2) is 12.8 Å². The van der Waals surface area contributed by atoms with Crippen LogP contribution in [0.3, 0.4) is 0 Å². The van der Waals surface area contributed by atoms with Gasteiger partial charge in [0.25, 0.3) is 0 Å². The van der Waals surface area contributed by atoms with E-state index in [1.807, 2.05) is 13.0 Å². The monoisotopic (exact) mass is 335 g/mol. The first-order valence-electron chi connectivity index (χ1n) is 7.47. The number of nitrogens with one attached hydrogen (secondary N) is 1. The molecule has 2 heterocycles. The molecule has 0 aliphatic carbocycles. The minimum atomic E-state index is -2.87. The Hall–Kier alpha value is -2.02. The Kier molecular flexibility index (Phi) is 4.30. The van der Waals surface area contributed by atoms with Gasteiger partial charge in [-0.1, -0.05) is 12.1 Å². The molecule has 0 radical (unpaired) electrons. The highest BCUT2D eigenvalue weighted by atomic mass is 32.2. The van der Waals surface area contributed by atoms with Gasteiger partial charge in [0, 0.05) is 12.1 Å². The average Bonchev–Trinajstić information content (AvgIpc) is 2.85. The average molecular weight is 335 g/mol. The molecule has 1 aromatic carbocycles. The Labute approximate surface area is 134 Å². The number of benzene rings is 1. The highest BCUT2D eigenvalue weighted by Crippen LogP contribution is 2.22. The summed E-state index contributed by atoms with van der Waals surface area (Å²) in [5, 5.41) is 11.4. The number of aromatic nitrogens is 2. The van der Waals surface area contributed by atoms with Gasteiger partial charge < -0.3 is 5.32 Å². The van der Waals surface area contributed by atoms with Crippen LogP contribution in [0.1, 0.15) is 12.0 Å². The van der Waals surface area contributed by atoms with Crippen molar-refractivity contribution in [3.63, 3.8) is 0 Å². The summed E-state index contributed by atoms with van der Waals surface area (Å²) in [6, 6.07) is 8.06. The highest BCUT2D eigenvalue weighted by Gasteiger charge is 2.27. The van der Waals surface area contributed by atoms with Crippen LogP contribution in [0.25, 0.3) is 11.3 Å². The van der Waals surface area contributed by atoms with E-state index in [2.05, 4.69) is 15.5 Å². The Morgan fingerprint density at radius 3 is 2.78 bits per heavy atom. The van der Waals surface area contributed by atoms with Crippen molar-refractivity contribution in [2.75, 3.05) is 23.4 Å². The van der Waals surface area contributed by atoms with E-state index in [1.54, 1.807) is 12.1 Å². The van der Waals surface area contributed by atoms with Gasteiger partial charge in [-0.05, 0) is 43.0 Å². The van der Waals surface area contributed by atoms with Gasteiger partial charge in [0.15, 0.2) is 15.7 Å². The van der Waals surface area contributed by atoms with Crippen molar-refractivity contribution in [2.45, 2.75) is 13.3 Å². The SMILES string of the molecule is Cc1cc(-c2cccc(F)c2)nnc1NC[C@@H]1CCS(=O)(=O)C1. The van der Waals surface area contributed by atoms with Crippen LogP contribution in [0, 0.1) is 18.7 Å². The number of hydrogen-bond donors (Lipinski definition) is 1. The molecule has 7 heteroatoms. The zero-order valence-corrected chi connectivity index (χ0v) is 13.6. The Balaban J connectivity index is 1.70. The summed E-state index contributed by atoms with van der Waals surface area (Å²) in [5.74, 6) is 0.932. The van der Waals surface area contributed by atoms with Crippen molar-refractivity contribution in [3.8, 4) is 11.3 Å². The number of anilines is 1. The van der Waals surface area contributed by atoms with E-state index in [0.29, 0.717) is 30.0 Å². The van der Waals surface area contributed by atoms with Crippen molar-refractivity contribution in [1.82, 2.24) is 10.2 Å². The Bertz CT molecular complexity index is 824. The summed E-state index contributed by atoms with van der Waals surface area (Å²) in [4.78, 5) is 0. The number of sulfone groups is 1. The van der Waals surface area contributed by atoms with E-state index in [9.17, 15) is 12.8 Å². The lowest BCUT2D eigenvalue weighted by atomic mass is 10.1. The molecule has 2 aromatic rings. The van der Waals surface area contributed by atoms with Crippen molar-refractivity contribution in [1.29, 1.82) is 0 Å². The second-order valence-corrected chi connectivity index (χ2v) is 8.15. The number of aryl methyl sites for hydroxylation is 1. The number of halogens is 1. The summed E-state index contributed by atoms with van der Waals surface area (Å²) >= 11 is 0. The van der Waals surface area contributed by atoms with Crippen LogP contribution in [-0.2, 0) is 9.84 Å². The fourth-order valence-electron chi connectivity index (χ4n) is 2.72. The molecule has 0 amide bonds. The normalized spacial score (nSPS) is 19.7. The summed E-state index contributed by atoms with van der Waals surface area (Å²) in [6.07, 6.45) is 0.684. The van der Waals surface area contributed by atoms with Gasteiger partial charge in [-0.2, -0.15) is 0 Å². The molecule has 1 atom stereocenters. The van der Waals surface area contributed by atoms with Crippen LogP contribution < -0.4 is 5.32 Å². The summed E-state index contributed by atoms with van der Waals surface area (Å²) in [6.45, 7) is 2.46. The molecule has 0 bridgehead atoms. The third kappa shape index (κ3) is 3.85. The summed E-state index contributed by atoms with van der Waals surface area (Å²) < 4.78 is 36.2. The molecule has 1 aliphatic heterocycles. The van der Waals surface area contributed by atoms with Crippen LogP contribution in [-0.4, -0.2) is 36.7 Å². The molecule has 122 valence electrons. The molecule has 1 saturated heterocycles. The second kappa shape index (κ2) is 6.23. The lowest BCUT2D eigenvalue weighted by Gasteiger charge is -2.12. The van der Waals surface area contributed by atoms with Crippen molar-refractivity contribution >= 4 is 15.7 Å². The first kappa shape index (κ1) is 15.9. The van der Waals surface area contributed by atoms with Gasteiger partial charge in [-0.3, -0.25) is 0 Å². The summed E-state index contributed by atoms with van der Waals surface area (Å²) in [7, 11) is -2.87. The topological polar surface area (TPSA) is 72.0 Å². The molecule has 0 unspecified atom stereocenters. The number of rotatable bonds is 4. The van der Waals surface area contributed by atoms with E-state index in [-0.39, 0.29) is 23.2 Å². The van der Waals surface area contributed by atoms with Crippen molar-refractivity contribution < 1.29 is 12.8 Å². The van der Waals surface area contributed by atoms with Crippen LogP contribution in [0.15, 0.2) is 30.3 Å². The molecular weight excluding hydrogens is 317 g/mol. The summed E-state index contributed by atoms with van der Waals surface area (Å²) in [5.41, 5.74) is 2.17. The molecule has 0 saturated carbocycles. The van der Waals surface area contributed by atoms with Gasteiger partial charge in [-0.15, -0.1) is 10.2 Å². The predicted molar refractivity (Wildman–Crippen MR) is 87.4 cm³/mol. The second-order valence-electron chi connectivity index (χ2n) is 5.92. The molecule has 1 fully saturated rings. The maximum absolute atomic E-state index is 13.3. The zero-order valence-electron chi connectivity index (χ0n) is 12.8. The Morgan fingerprint density at radius 1 is 1.30 bits per heavy atom. The number of nitrogens with zero attached hydrogens (tertiary/aromatic N) is 2. The van der Waals surface area contributed by atoms with E-state index in [1.165, 1.54) is 12.1 Å². The smallest absolute Gasteiger partial charge is 0.151 e. The van der Waals surface area contributed by atoms with Crippen molar-refractivity contribution in [3.05, 3.63) is 41.7 Å². The zero-order chi connectivity index (χ0) is 16.4. The maximum Gasteiger partial charge on any atom is 0.151 e. The predicted octanol–water partition coefficient (Wildman–Crippen LogP) is 2.44.